The maximum absolute atomic E-state index is 11.7. The lowest BCUT2D eigenvalue weighted by atomic mass is 10.1. The number of amides is 4. The van der Waals surface area contributed by atoms with Crippen LogP contribution in [0.1, 0.15) is 30.3 Å². The highest BCUT2D eigenvalue weighted by molar-refractivity contribution is 6.02. The SMILES string of the molecule is CCOC(=O)N1CCC(NC(=O)NC(=O)c2ccco2)CC1. The van der Waals surface area contributed by atoms with Crippen molar-refractivity contribution in [2.45, 2.75) is 25.8 Å². The van der Waals surface area contributed by atoms with Crippen LogP contribution in [0.2, 0.25) is 0 Å². The van der Waals surface area contributed by atoms with Gasteiger partial charge in [-0.15, -0.1) is 0 Å². The highest BCUT2D eigenvalue weighted by Gasteiger charge is 2.25. The molecule has 1 aromatic rings. The molecule has 0 unspecified atom stereocenters. The van der Waals surface area contributed by atoms with E-state index in [4.69, 9.17) is 9.15 Å². The smallest absolute Gasteiger partial charge is 0.409 e. The quantitative estimate of drug-likeness (QED) is 0.877. The molecule has 1 fully saturated rings. The lowest BCUT2D eigenvalue weighted by Gasteiger charge is -2.31. The lowest BCUT2D eigenvalue weighted by Crippen LogP contribution is -2.50. The second-order valence-electron chi connectivity index (χ2n) is 4.87. The first-order valence-corrected chi connectivity index (χ1v) is 7.17. The maximum Gasteiger partial charge on any atom is 0.409 e. The van der Waals surface area contributed by atoms with Gasteiger partial charge in [-0.25, -0.2) is 9.59 Å². The topological polar surface area (TPSA) is 101 Å². The molecular formula is C14H19N3O5. The molecule has 1 aliphatic rings. The number of hydrogen-bond acceptors (Lipinski definition) is 5. The van der Waals surface area contributed by atoms with E-state index in [-0.39, 0.29) is 17.9 Å². The Morgan fingerprint density at radius 3 is 2.68 bits per heavy atom. The predicted molar refractivity (Wildman–Crippen MR) is 76.3 cm³/mol. The number of rotatable bonds is 3. The number of imide groups is 1. The summed E-state index contributed by atoms with van der Waals surface area (Å²) in [6.45, 7) is 3.12. The van der Waals surface area contributed by atoms with E-state index in [0.717, 1.165) is 0 Å². The molecule has 8 heteroatoms. The summed E-state index contributed by atoms with van der Waals surface area (Å²) >= 11 is 0. The molecule has 0 bridgehead atoms. The van der Waals surface area contributed by atoms with Gasteiger partial charge < -0.3 is 19.4 Å². The van der Waals surface area contributed by atoms with Crippen LogP contribution in [0, 0.1) is 0 Å². The molecule has 2 rings (SSSR count). The third-order valence-electron chi connectivity index (χ3n) is 3.33. The number of piperidine rings is 1. The van der Waals surface area contributed by atoms with Crippen LogP contribution in [-0.2, 0) is 4.74 Å². The van der Waals surface area contributed by atoms with E-state index in [1.165, 1.54) is 12.3 Å². The fourth-order valence-electron chi connectivity index (χ4n) is 2.22. The van der Waals surface area contributed by atoms with Crippen LogP contribution in [0.3, 0.4) is 0 Å². The van der Waals surface area contributed by atoms with E-state index >= 15 is 0 Å². The van der Waals surface area contributed by atoms with Gasteiger partial charge in [-0.3, -0.25) is 10.1 Å². The Balaban J connectivity index is 1.72. The molecule has 2 N–H and O–H groups in total. The van der Waals surface area contributed by atoms with Crippen molar-refractivity contribution in [1.29, 1.82) is 0 Å². The zero-order chi connectivity index (χ0) is 15.9. The van der Waals surface area contributed by atoms with Crippen LogP contribution in [0.15, 0.2) is 22.8 Å². The van der Waals surface area contributed by atoms with Crippen molar-refractivity contribution in [3.63, 3.8) is 0 Å². The Bertz CT molecular complexity index is 521. The van der Waals surface area contributed by atoms with Crippen molar-refractivity contribution in [3.05, 3.63) is 24.2 Å². The van der Waals surface area contributed by atoms with Crippen molar-refractivity contribution in [3.8, 4) is 0 Å². The van der Waals surface area contributed by atoms with Crippen LogP contribution >= 0.6 is 0 Å². The Morgan fingerprint density at radius 1 is 1.36 bits per heavy atom. The molecule has 1 aliphatic heterocycles. The predicted octanol–water partition coefficient (Wildman–Crippen LogP) is 1.34. The standard InChI is InChI=1S/C14H19N3O5/c1-2-21-14(20)17-7-5-10(6-8-17)15-13(19)16-12(18)11-4-3-9-22-11/h3-4,9-10H,2,5-8H2,1H3,(H2,15,16,18,19). The summed E-state index contributed by atoms with van der Waals surface area (Å²) in [5.41, 5.74) is 0. The average Bonchev–Trinajstić information content (AvgIpc) is 3.02. The molecule has 0 atom stereocenters. The average molecular weight is 309 g/mol. The minimum absolute atomic E-state index is 0.0762. The number of hydrogen-bond donors (Lipinski definition) is 2. The number of urea groups is 1. The zero-order valence-electron chi connectivity index (χ0n) is 12.3. The van der Waals surface area contributed by atoms with Crippen LogP contribution in [0.4, 0.5) is 9.59 Å². The molecule has 4 amide bonds. The van der Waals surface area contributed by atoms with Crippen molar-refractivity contribution >= 4 is 18.0 Å². The number of nitrogens with zero attached hydrogens (tertiary/aromatic N) is 1. The highest BCUT2D eigenvalue weighted by atomic mass is 16.6. The fourth-order valence-corrected chi connectivity index (χ4v) is 2.22. The van der Waals surface area contributed by atoms with Crippen molar-refractivity contribution in [2.24, 2.45) is 0 Å². The molecule has 120 valence electrons. The van der Waals surface area contributed by atoms with Gasteiger partial charge in [-0.05, 0) is 31.9 Å². The highest BCUT2D eigenvalue weighted by Crippen LogP contribution is 2.11. The van der Waals surface area contributed by atoms with Gasteiger partial charge in [0.1, 0.15) is 0 Å². The Hall–Kier alpha value is -2.51. The van der Waals surface area contributed by atoms with Gasteiger partial charge in [0.05, 0.1) is 12.9 Å². The zero-order valence-corrected chi connectivity index (χ0v) is 12.3. The van der Waals surface area contributed by atoms with E-state index < -0.39 is 11.9 Å². The summed E-state index contributed by atoms with van der Waals surface area (Å²) in [5, 5.41) is 4.91. The number of ether oxygens (including phenoxy) is 1. The van der Waals surface area contributed by atoms with Gasteiger partial charge in [-0.1, -0.05) is 0 Å². The summed E-state index contributed by atoms with van der Waals surface area (Å²) < 4.78 is 9.82. The number of furan rings is 1. The summed E-state index contributed by atoms with van der Waals surface area (Å²) in [7, 11) is 0. The number of carbonyl (C=O) groups excluding carboxylic acids is 3. The van der Waals surface area contributed by atoms with Gasteiger partial charge in [-0.2, -0.15) is 0 Å². The normalized spacial score (nSPS) is 15.2. The largest absolute Gasteiger partial charge is 0.459 e. The van der Waals surface area contributed by atoms with Crippen LogP contribution in [-0.4, -0.2) is 48.7 Å². The fraction of sp³-hybridized carbons (Fsp3) is 0.500. The van der Waals surface area contributed by atoms with Gasteiger partial charge in [0.2, 0.25) is 0 Å². The third kappa shape index (κ3) is 4.24. The number of nitrogens with one attached hydrogen (secondary N) is 2. The van der Waals surface area contributed by atoms with E-state index in [1.807, 2.05) is 0 Å². The second-order valence-corrected chi connectivity index (χ2v) is 4.87. The molecule has 0 spiro atoms. The van der Waals surface area contributed by atoms with Gasteiger partial charge in [0.15, 0.2) is 5.76 Å². The summed E-state index contributed by atoms with van der Waals surface area (Å²) in [6.07, 6.45) is 2.25. The first-order valence-electron chi connectivity index (χ1n) is 7.17. The minimum atomic E-state index is -0.591. The monoisotopic (exact) mass is 309 g/mol. The molecule has 0 radical (unpaired) electrons. The number of likely N-dealkylation sites (tertiary alicyclic amines) is 1. The summed E-state index contributed by atoms with van der Waals surface area (Å²) in [6, 6.07) is 2.38. The van der Waals surface area contributed by atoms with Crippen LogP contribution in [0.5, 0.6) is 0 Å². The molecule has 22 heavy (non-hydrogen) atoms. The van der Waals surface area contributed by atoms with E-state index in [0.29, 0.717) is 32.5 Å². The van der Waals surface area contributed by atoms with Crippen LogP contribution in [0.25, 0.3) is 0 Å². The Morgan fingerprint density at radius 2 is 2.09 bits per heavy atom. The van der Waals surface area contributed by atoms with Gasteiger partial charge in [0.25, 0.3) is 5.91 Å². The van der Waals surface area contributed by atoms with E-state index in [1.54, 1.807) is 17.9 Å². The minimum Gasteiger partial charge on any atom is -0.459 e. The summed E-state index contributed by atoms with van der Waals surface area (Å²) in [4.78, 5) is 36.5. The first kappa shape index (κ1) is 15.9. The van der Waals surface area contributed by atoms with E-state index in [2.05, 4.69) is 10.6 Å². The molecule has 1 saturated heterocycles. The lowest BCUT2D eigenvalue weighted by molar-refractivity contribution is 0.0930. The molecule has 0 aromatic carbocycles. The maximum atomic E-state index is 11.7. The first-order chi connectivity index (χ1) is 10.6. The molecule has 0 saturated carbocycles. The van der Waals surface area contributed by atoms with Gasteiger partial charge in [0, 0.05) is 19.1 Å². The van der Waals surface area contributed by atoms with Gasteiger partial charge >= 0.3 is 12.1 Å². The Kier molecular flexibility index (Phi) is 5.40. The van der Waals surface area contributed by atoms with E-state index in [9.17, 15) is 14.4 Å². The Labute approximate surface area is 127 Å². The summed E-state index contributed by atoms with van der Waals surface area (Å²) in [5.74, 6) is -0.515. The number of carbonyl (C=O) groups is 3. The molecule has 0 aliphatic carbocycles. The van der Waals surface area contributed by atoms with Crippen molar-refractivity contribution in [2.75, 3.05) is 19.7 Å². The second kappa shape index (κ2) is 7.48. The molecular weight excluding hydrogens is 290 g/mol. The third-order valence-corrected chi connectivity index (χ3v) is 3.33. The molecule has 2 heterocycles. The van der Waals surface area contributed by atoms with Crippen molar-refractivity contribution < 1.29 is 23.5 Å². The molecule has 8 nitrogen and oxygen atoms in total. The van der Waals surface area contributed by atoms with Crippen molar-refractivity contribution in [1.82, 2.24) is 15.5 Å². The molecule has 1 aromatic heterocycles. The van der Waals surface area contributed by atoms with Crippen LogP contribution < -0.4 is 10.6 Å².